The predicted octanol–water partition coefficient (Wildman–Crippen LogP) is 1.59. The largest absolute Gasteiger partial charge is 0.354 e. The van der Waals surface area contributed by atoms with E-state index in [1.165, 1.54) is 11.8 Å². The zero-order chi connectivity index (χ0) is 23.1. The van der Waals surface area contributed by atoms with Crippen LogP contribution >= 0.6 is 7.60 Å². The minimum absolute atomic E-state index is 0.278. The van der Waals surface area contributed by atoms with Crippen LogP contribution in [0.1, 0.15) is 18.3 Å². The lowest BCUT2D eigenvalue weighted by atomic mass is 9.99. The number of aromatic amines is 1. The summed E-state index contributed by atoms with van der Waals surface area (Å²) in [5, 5.41) is 16.3. The first-order valence-electron chi connectivity index (χ1n) is 10.2. The number of tetrazole rings is 1. The third-order valence-corrected chi connectivity index (χ3v) is 6.74. The van der Waals surface area contributed by atoms with Crippen LogP contribution < -0.4 is 5.32 Å². The summed E-state index contributed by atoms with van der Waals surface area (Å²) >= 11 is 0. The first kappa shape index (κ1) is 23.7. The van der Waals surface area contributed by atoms with E-state index in [4.69, 9.17) is 0 Å². The number of carbonyl (C=O) groups is 1. The van der Waals surface area contributed by atoms with Crippen LogP contribution in [0.3, 0.4) is 0 Å². The Morgan fingerprint density at radius 2 is 1.78 bits per heavy atom. The van der Waals surface area contributed by atoms with Crippen molar-refractivity contribution in [2.75, 3.05) is 13.6 Å². The quantitative estimate of drug-likeness (QED) is 0.335. The SMILES string of the molecule is CC(N(C)[C@@H](Cc1ccc(-c2ccccc2)cc1)C(=O)NCCc1nn[nH]n1)P(=O)(O)O. The zero-order valence-electron chi connectivity index (χ0n) is 17.9. The molecule has 2 atom stereocenters. The van der Waals surface area contributed by atoms with Crippen LogP contribution in [-0.2, 0) is 22.2 Å². The average Bonchev–Trinajstić information content (AvgIpc) is 3.30. The second kappa shape index (κ2) is 10.6. The molecule has 3 rings (SSSR count). The number of nitrogens with one attached hydrogen (secondary N) is 2. The number of rotatable bonds is 10. The molecule has 1 amide bonds. The van der Waals surface area contributed by atoms with Gasteiger partial charge in [-0.25, -0.2) is 0 Å². The lowest BCUT2D eigenvalue weighted by Gasteiger charge is -2.32. The minimum Gasteiger partial charge on any atom is -0.354 e. The molecule has 0 bridgehead atoms. The molecule has 0 aliphatic carbocycles. The number of carbonyl (C=O) groups excluding carboxylic acids is 1. The van der Waals surface area contributed by atoms with Gasteiger partial charge in [-0.2, -0.15) is 5.21 Å². The van der Waals surface area contributed by atoms with E-state index in [-0.39, 0.29) is 12.5 Å². The topological polar surface area (TPSA) is 144 Å². The highest BCUT2D eigenvalue weighted by Crippen LogP contribution is 2.43. The summed E-state index contributed by atoms with van der Waals surface area (Å²) in [5.74, 6) is -0.974. The van der Waals surface area contributed by atoms with Crippen molar-refractivity contribution in [1.29, 1.82) is 0 Å². The number of amides is 1. The van der Waals surface area contributed by atoms with E-state index in [9.17, 15) is 19.1 Å². The molecular formula is C21H27N6O4P. The van der Waals surface area contributed by atoms with E-state index in [0.717, 1.165) is 16.7 Å². The average molecular weight is 458 g/mol. The number of benzene rings is 2. The normalized spacial score (nSPS) is 13.7. The maximum absolute atomic E-state index is 13.0. The number of hydrogen-bond acceptors (Lipinski definition) is 6. The van der Waals surface area contributed by atoms with Crippen molar-refractivity contribution in [1.82, 2.24) is 30.8 Å². The number of H-pyrrole nitrogens is 1. The molecular weight excluding hydrogens is 431 g/mol. The van der Waals surface area contributed by atoms with Crippen LogP contribution in [0.2, 0.25) is 0 Å². The van der Waals surface area contributed by atoms with Gasteiger partial charge in [-0.05, 0) is 37.1 Å². The molecule has 0 spiro atoms. The van der Waals surface area contributed by atoms with Gasteiger partial charge < -0.3 is 15.1 Å². The Labute approximate surface area is 186 Å². The monoisotopic (exact) mass is 458 g/mol. The number of aromatic nitrogens is 4. The van der Waals surface area contributed by atoms with Gasteiger partial charge in [0.25, 0.3) is 0 Å². The van der Waals surface area contributed by atoms with E-state index in [1.807, 2.05) is 54.6 Å². The highest BCUT2D eigenvalue weighted by Gasteiger charge is 2.35. The van der Waals surface area contributed by atoms with Crippen LogP contribution in [0.25, 0.3) is 11.1 Å². The Morgan fingerprint density at radius 3 is 2.38 bits per heavy atom. The van der Waals surface area contributed by atoms with Crippen LogP contribution in [0.5, 0.6) is 0 Å². The molecule has 1 aromatic heterocycles. The Kier molecular flexibility index (Phi) is 7.87. The van der Waals surface area contributed by atoms with Gasteiger partial charge in [0.15, 0.2) is 5.82 Å². The number of nitrogens with zero attached hydrogens (tertiary/aromatic N) is 4. The Balaban J connectivity index is 1.73. The van der Waals surface area contributed by atoms with Crippen molar-refractivity contribution >= 4 is 13.5 Å². The molecule has 0 saturated carbocycles. The molecule has 32 heavy (non-hydrogen) atoms. The lowest BCUT2D eigenvalue weighted by Crippen LogP contribution is -2.50. The smallest absolute Gasteiger partial charge is 0.342 e. The summed E-state index contributed by atoms with van der Waals surface area (Å²) < 4.78 is 11.8. The third kappa shape index (κ3) is 6.30. The fourth-order valence-electron chi connectivity index (χ4n) is 3.31. The first-order chi connectivity index (χ1) is 15.3. The van der Waals surface area contributed by atoms with E-state index in [0.29, 0.717) is 18.7 Å². The standard InChI is InChI=1S/C21H27N6O4P/c1-15(32(29,30)31)27(2)19(21(28)22-13-12-20-23-25-26-24-20)14-16-8-10-18(11-9-16)17-6-4-3-5-7-17/h3-11,15,19H,12-14H2,1-2H3,(H,22,28)(H2,29,30,31)(H,23,24,25,26)/t15?,19-/m0/s1. The van der Waals surface area contributed by atoms with Crippen molar-refractivity contribution in [3.05, 3.63) is 66.0 Å². The summed E-state index contributed by atoms with van der Waals surface area (Å²) in [6, 6.07) is 17.0. The van der Waals surface area contributed by atoms with Gasteiger partial charge in [0, 0.05) is 13.0 Å². The van der Waals surface area contributed by atoms with E-state index >= 15 is 0 Å². The van der Waals surface area contributed by atoms with Gasteiger partial charge in [0.1, 0.15) is 5.78 Å². The Morgan fingerprint density at radius 1 is 1.12 bits per heavy atom. The maximum atomic E-state index is 13.0. The molecule has 170 valence electrons. The van der Waals surface area contributed by atoms with Gasteiger partial charge in [-0.3, -0.25) is 14.3 Å². The van der Waals surface area contributed by atoms with Gasteiger partial charge in [-0.15, -0.1) is 10.2 Å². The van der Waals surface area contributed by atoms with Crippen molar-refractivity contribution < 1.29 is 19.1 Å². The van der Waals surface area contributed by atoms with Gasteiger partial charge in [0.2, 0.25) is 5.91 Å². The molecule has 11 heteroatoms. The molecule has 2 aromatic carbocycles. The van der Waals surface area contributed by atoms with Gasteiger partial charge in [-0.1, -0.05) is 59.8 Å². The van der Waals surface area contributed by atoms with Gasteiger partial charge >= 0.3 is 7.60 Å². The Bertz CT molecular complexity index is 1040. The van der Waals surface area contributed by atoms with Crippen molar-refractivity contribution in [3.63, 3.8) is 0 Å². The van der Waals surface area contributed by atoms with E-state index in [1.54, 1.807) is 7.05 Å². The summed E-state index contributed by atoms with van der Waals surface area (Å²) in [4.78, 5) is 33.6. The fraction of sp³-hybridized carbons (Fsp3) is 0.333. The zero-order valence-corrected chi connectivity index (χ0v) is 18.8. The van der Waals surface area contributed by atoms with Crippen molar-refractivity contribution in [2.24, 2.45) is 0 Å². The van der Waals surface area contributed by atoms with Crippen molar-refractivity contribution in [2.45, 2.75) is 31.6 Å². The first-order valence-corrected chi connectivity index (χ1v) is 11.9. The molecule has 10 nitrogen and oxygen atoms in total. The molecule has 1 unspecified atom stereocenters. The molecule has 0 radical (unpaired) electrons. The molecule has 3 aromatic rings. The molecule has 0 saturated heterocycles. The van der Waals surface area contributed by atoms with Crippen LogP contribution in [0.4, 0.5) is 0 Å². The minimum atomic E-state index is -4.41. The Hall–Kier alpha value is -2.91. The predicted molar refractivity (Wildman–Crippen MR) is 120 cm³/mol. The molecule has 0 aliphatic heterocycles. The van der Waals surface area contributed by atoms with E-state index < -0.39 is 19.4 Å². The lowest BCUT2D eigenvalue weighted by molar-refractivity contribution is -0.126. The second-order valence-electron chi connectivity index (χ2n) is 7.54. The third-order valence-electron chi connectivity index (χ3n) is 5.40. The van der Waals surface area contributed by atoms with Crippen molar-refractivity contribution in [3.8, 4) is 11.1 Å². The second-order valence-corrected chi connectivity index (χ2v) is 9.46. The highest BCUT2D eigenvalue weighted by atomic mass is 31.2. The molecule has 0 aliphatic rings. The summed E-state index contributed by atoms with van der Waals surface area (Å²) in [5.41, 5.74) is 3.02. The van der Waals surface area contributed by atoms with Crippen LogP contribution in [0, 0.1) is 0 Å². The summed E-state index contributed by atoms with van der Waals surface area (Å²) in [7, 11) is -2.86. The van der Waals surface area contributed by atoms with Crippen LogP contribution in [-0.4, -0.2) is 66.6 Å². The number of hydrogen-bond donors (Lipinski definition) is 4. The molecule has 0 fully saturated rings. The van der Waals surface area contributed by atoms with Gasteiger partial charge in [0.05, 0.1) is 6.04 Å². The number of likely N-dealkylation sites (N-methyl/N-ethyl adjacent to an activating group) is 1. The summed E-state index contributed by atoms with van der Waals surface area (Å²) in [6.45, 7) is 1.69. The molecule has 1 heterocycles. The molecule has 4 N–H and O–H groups in total. The van der Waals surface area contributed by atoms with Crippen LogP contribution in [0.15, 0.2) is 54.6 Å². The van der Waals surface area contributed by atoms with E-state index in [2.05, 4.69) is 25.9 Å². The summed E-state index contributed by atoms with van der Waals surface area (Å²) in [6.07, 6.45) is 0.683. The fourth-order valence-corrected chi connectivity index (χ4v) is 3.95. The maximum Gasteiger partial charge on any atom is 0.342 e. The highest BCUT2D eigenvalue weighted by molar-refractivity contribution is 7.52.